The number of nitrogens with one attached hydrogen (secondary N) is 2. The van der Waals surface area contributed by atoms with Gasteiger partial charge < -0.3 is 10.4 Å². The molecule has 2 unspecified atom stereocenters. The zero-order chi connectivity index (χ0) is 18.2. The maximum absolute atomic E-state index is 11.9. The number of urea groups is 1. The van der Waals surface area contributed by atoms with E-state index in [0.29, 0.717) is 11.1 Å². The van der Waals surface area contributed by atoms with Gasteiger partial charge in [0, 0.05) is 12.1 Å². The molecule has 0 spiro atoms. The molecule has 8 nitrogen and oxygen atoms in total. The Bertz CT molecular complexity index is 865. The van der Waals surface area contributed by atoms with Crippen molar-refractivity contribution in [1.82, 2.24) is 10.6 Å². The smallest absolute Gasteiger partial charge is 0.322 e. The summed E-state index contributed by atoms with van der Waals surface area (Å²) in [4.78, 5) is 33.6. The molecule has 3 N–H and O–H groups in total. The van der Waals surface area contributed by atoms with Gasteiger partial charge in [-0.15, -0.1) is 0 Å². The topological polar surface area (TPSA) is 122 Å². The summed E-state index contributed by atoms with van der Waals surface area (Å²) in [6, 6.07) is 12.1. The van der Waals surface area contributed by atoms with Crippen molar-refractivity contribution in [3.63, 3.8) is 0 Å². The van der Waals surface area contributed by atoms with Crippen LogP contribution in [0.1, 0.15) is 18.6 Å². The highest BCUT2D eigenvalue weighted by Gasteiger charge is 2.48. The lowest BCUT2D eigenvalue weighted by molar-refractivity contribution is -0.384. The van der Waals surface area contributed by atoms with Gasteiger partial charge in [-0.2, -0.15) is 0 Å². The van der Waals surface area contributed by atoms with E-state index in [9.17, 15) is 24.8 Å². The molecular weight excluding hydrogens is 326 g/mol. The Balaban J connectivity index is 1.88. The maximum atomic E-state index is 11.9. The third-order valence-corrected chi connectivity index (χ3v) is 4.24. The number of hydrogen-bond donors (Lipinski definition) is 3. The van der Waals surface area contributed by atoms with Gasteiger partial charge in [0.05, 0.1) is 4.92 Å². The van der Waals surface area contributed by atoms with Crippen molar-refractivity contribution in [1.29, 1.82) is 0 Å². The van der Waals surface area contributed by atoms with Gasteiger partial charge in [0.15, 0.2) is 0 Å². The summed E-state index contributed by atoms with van der Waals surface area (Å²) in [6.07, 6.45) is -1.24. The average Bonchev–Trinajstić information content (AvgIpc) is 2.87. The number of aliphatic hydroxyl groups excluding tert-OH is 1. The summed E-state index contributed by atoms with van der Waals surface area (Å²) in [5, 5.41) is 25.9. The lowest BCUT2D eigenvalue weighted by atomic mass is 9.89. The summed E-state index contributed by atoms with van der Waals surface area (Å²) in [6.45, 7) is 1.44. The van der Waals surface area contributed by atoms with E-state index >= 15 is 0 Å². The van der Waals surface area contributed by atoms with Gasteiger partial charge in [-0.05, 0) is 23.6 Å². The Kier molecular flexibility index (Phi) is 3.97. The maximum Gasteiger partial charge on any atom is 0.322 e. The summed E-state index contributed by atoms with van der Waals surface area (Å²) < 4.78 is 0. The molecule has 8 heteroatoms. The lowest BCUT2D eigenvalue weighted by Gasteiger charge is -2.27. The van der Waals surface area contributed by atoms with Gasteiger partial charge in [-0.1, -0.05) is 36.4 Å². The fourth-order valence-electron chi connectivity index (χ4n) is 2.74. The van der Waals surface area contributed by atoms with Crippen LogP contribution < -0.4 is 10.6 Å². The number of nitro benzene ring substituents is 1. The second kappa shape index (κ2) is 5.99. The molecule has 2 aromatic rings. The predicted octanol–water partition coefficient (Wildman–Crippen LogP) is 1.89. The van der Waals surface area contributed by atoms with E-state index in [4.69, 9.17) is 0 Å². The van der Waals surface area contributed by atoms with Crippen LogP contribution in [0.4, 0.5) is 10.5 Å². The average molecular weight is 341 g/mol. The van der Waals surface area contributed by atoms with E-state index in [1.807, 2.05) is 0 Å². The molecule has 2 aromatic carbocycles. The molecule has 1 aliphatic rings. The molecule has 1 heterocycles. The number of aliphatic hydroxyl groups is 1. The summed E-state index contributed by atoms with van der Waals surface area (Å²) in [5.74, 6) is -0.604. The minimum Gasteiger partial charge on any atom is -0.385 e. The lowest BCUT2D eigenvalue weighted by Crippen LogP contribution is -2.49. The molecule has 0 aromatic heterocycles. The molecule has 0 radical (unpaired) electrons. The van der Waals surface area contributed by atoms with Crippen molar-refractivity contribution in [2.75, 3.05) is 0 Å². The fraction of sp³-hybridized carbons (Fsp3) is 0.176. The fourth-order valence-corrected chi connectivity index (χ4v) is 2.74. The van der Waals surface area contributed by atoms with Crippen LogP contribution in [0.15, 0.2) is 48.5 Å². The zero-order valence-electron chi connectivity index (χ0n) is 13.2. The quantitative estimate of drug-likeness (QED) is 0.445. The first-order valence-corrected chi connectivity index (χ1v) is 7.48. The Morgan fingerprint density at radius 1 is 1.12 bits per heavy atom. The third-order valence-electron chi connectivity index (χ3n) is 4.24. The third kappa shape index (κ3) is 2.94. The Hall–Kier alpha value is -3.26. The van der Waals surface area contributed by atoms with Gasteiger partial charge in [-0.25, -0.2) is 4.79 Å². The van der Waals surface area contributed by atoms with E-state index in [2.05, 4.69) is 10.6 Å². The molecule has 0 aliphatic carbocycles. The molecule has 3 amide bonds. The number of imide groups is 1. The molecular formula is C17H15N3O5. The molecule has 1 fully saturated rings. The Labute approximate surface area is 142 Å². The number of carbonyl (C=O) groups is 2. The number of rotatable bonds is 4. The van der Waals surface area contributed by atoms with Crippen LogP contribution in [0.25, 0.3) is 11.1 Å². The van der Waals surface area contributed by atoms with Gasteiger partial charge >= 0.3 is 6.03 Å². The van der Waals surface area contributed by atoms with E-state index in [1.54, 1.807) is 36.4 Å². The molecule has 1 saturated heterocycles. The van der Waals surface area contributed by atoms with Crippen LogP contribution in [-0.2, 0) is 4.79 Å². The largest absolute Gasteiger partial charge is 0.385 e. The summed E-state index contributed by atoms with van der Waals surface area (Å²) in [7, 11) is 0. The molecule has 0 bridgehead atoms. The number of non-ortho nitro benzene ring substituents is 1. The van der Waals surface area contributed by atoms with E-state index < -0.39 is 28.5 Å². The molecule has 25 heavy (non-hydrogen) atoms. The Morgan fingerprint density at radius 3 is 2.36 bits per heavy atom. The van der Waals surface area contributed by atoms with Gasteiger partial charge in [-0.3, -0.25) is 20.2 Å². The van der Waals surface area contributed by atoms with Crippen molar-refractivity contribution < 1.29 is 19.6 Å². The van der Waals surface area contributed by atoms with Crippen LogP contribution in [-0.4, -0.2) is 27.5 Å². The van der Waals surface area contributed by atoms with Crippen molar-refractivity contribution in [2.24, 2.45) is 0 Å². The van der Waals surface area contributed by atoms with Crippen molar-refractivity contribution in [3.8, 4) is 11.1 Å². The van der Waals surface area contributed by atoms with Gasteiger partial charge in [0.1, 0.15) is 11.6 Å². The normalized spacial score (nSPS) is 20.7. The second-order valence-corrected chi connectivity index (χ2v) is 5.94. The summed E-state index contributed by atoms with van der Waals surface area (Å²) in [5.41, 5.74) is 0.357. The predicted molar refractivity (Wildman–Crippen MR) is 88.6 cm³/mol. The number of hydrogen-bond acceptors (Lipinski definition) is 5. The number of nitro groups is 1. The highest BCUT2D eigenvalue weighted by Crippen LogP contribution is 2.30. The minimum absolute atomic E-state index is 0.0144. The highest BCUT2D eigenvalue weighted by molar-refractivity contribution is 6.07. The monoisotopic (exact) mass is 341 g/mol. The van der Waals surface area contributed by atoms with Crippen molar-refractivity contribution >= 4 is 17.6 Å². The van der Waals surface area contributed by atoms with E-state index in [1.165, 1.54) is 19.1 Å². The standard InChI is InChI=1S/C17H15N3O5/c1-17(15(22)18-16(23)19-17)14(21)11-7-5-10(6-8-11)12-3-2-4-13(9-12)20(24)25/h2-9,14,21H,1H3,(H2,18,19,22,23). The summed E-state index contributed by atoms with van der Waals surface area (Å²) >= 11 is 0. The number of amides is 3. The van der Waals surface area contributed by atoms with Gasteiger partial charge in [0.2, 0.25) is 0 Å². The molecule has 3 rings (SSSR count). The van der Waals surface area contributed by atoms with Gasteiger partial charge in [0.25, 0.3) is 11.6 Å². The van der Waals surface area contributed by atoms with E-state index in [0.717, 1.165) is 5.56 Å². The van der Waals surface area contributed by atoms with Crippen LogP contribution >= 0.6 is 0 Å². The molecule has 128 valence electrons. The second-order valence-electron chi connectivity index (χ2n) is 5.94. The SMILES string of the molecule is CC1(C(O)c2ccc(-c3cccc([N+](=O)[O-])c3)cc2)NC(=O)NC1=O. The molecule has 0 saturated carbocycles. The first-order chi connectivity index (χ1) is 11.8. The highest BCUT2D eigenvalue weighted by atomic mass is 16.6. The number of nitrogens with zero attached hydrogens (tertiary/aromatic N) is 1. The van der Waals surface area contributed by atoms with Crippen LogP contribution in [0, 0.1) is 10.1 Å². The molecule has 1 aliphatic heterocycles. The van der Waals surface area contributed by atoms with E-state index in [-0.39, 0.29) is 5.69 Å². The van der Waals surface area contributed by atoms with Crippen LogP contribution in [0.2, 0.25) is 0 Å². The van der Waals surface area contributed by atoms with Crippen molar-refractivity contribution in [2.45, 2.75) is 18.6 Å². The van der Waals surface area contributed by atoms with Crippen LogP contribution in [0.5, 0.6) is 0 Å². The number of carbonyl (C=O) groups excluding carboxylic acids is 2. The first-order valence-electron chi connectivity index (χ1n) is 7.48. The van der Waals surface area contributed by atoms with Crippen molar-refractivity contribution in [3.05, 3.63) is 64.2 Å². The van der Waals surface area contributed by atoms with Crippen LogP contribution in [0.3, 0.4) is 0 Å². The zero-order valence-corrected chi connectivity index (χ0v) is 13.2. The Morgan fingerprint density at radius 2 is 1.80 bits per heavy atom. The first kappa shape index (κ1) is 16.6. The number of benzene rings is 2. The molecule has 2 atom stereocenters. The minimum atomic E-state index is -1.45.